The van der Waals surface area contributed by atoms with Crippen molar-refractivity contribution in [3.8, 4) is 0 Å². The molecule has 0 aromatic rings. The number of methoxy groups -OCH3 is 1. The molecule has 0 unspecified atom stereocenters. The number of unbranched alkanes of at least 4 members (excludes halogenated alkanes) is 13. The molecule has 0 rings (SSSR count). The molecule has 0 radical (unpaired) electrons. The second-order valence-corrected chi connectivity index (χ2v) is 8.01. The van der Waals surface area contributed by atoms with E-state index in [-0.39, 0.29) is 5.97 Å². The molecular weight excluding hydrogens is 356 g/mol. The van der Waals surface area contributed by atoms with Gasteiger partial charge in [-0.2, -0.15) is 0 Å². The lowest BCUT2D eigenvalue weighted by Crippen LogP contribution is -1.98. The van der Waals surface area contributed by atoms with Crippen molar-refractivity contribution in [3.05, 3.63) is 36.5 Å². The minimum atomic E-state index is -0.110. The van der Waals surface area contributed by atoms with Gasteiger partial charge < -0.3 is 4.74 Å². The van der Waals surface area contributed by atoms with Crippen molar-refractivity contribution in [1.29, 1.82) is 0 Å². The van der Waals surface area contributed by atoms with Gasteiger partial charge in [0.2, 0.25) is 0 Å². The van der Waals surface area contributed by atoms with Crippen LogP contribution in [0.4, 0.5) is 0 Å². The Hall–Kier alpha value is -1.31. The van der Waals surface area contributed by atoms with Gasteiger partial charge in [0, 0.05) is 6.42 Å². The molecule has 0 amide bonds. The molecule has 0 aliphatic rings. The number of esters is 1. The van der Waals surface area contributed by atoms with Crippen molar-refractivity contribution in [2.45, 2.75) is 122 Å². The molecule has 168 valence electrons. The van der Waals surface area contributed by atoms with E-state index >= 15 is 0 Å². The van der Waals surface area contributed by atoms with Gasteiger partial charge in [-0.1, -0.05) is 88.3 Å². The third-order valence-corrected chi connectivity index (χ3v) is 5.20. The van der Waals surface area contributed by atoms with Crippen LogP contribution in [0.25, 0.3) is 0 Å². The Balaban J connectivity index is 3.24. The standard InChI is InChI=1S/C27H48O2/c1-3-4-5-6-7-8-9-10-11-12-13-14-15-16-17-18-19-20-21-22-23-24-25-26-27(28)29-2/h10-11,18-19,22-23H,3-9,12-17,20-21,24-26H2,1-2H3. The van der Waals surface area contributed by atoms with Gasteiger partial charge in [0.1, 0.15) is 0 Å². The molecule has 0 aromatic carbocycles. The van der Waals surface area contributed by atoms with E-state index in [0.29, 0.717) is 6.42 Å². The van der Waals surface area contributed by atoms with E-state index in [1.807, 2.05) is 0 Å². The Bertz CT molecular complexity index is 420. The molecule has 2 heteroatoms. The molecule has 0 spiro atoms. The summed E-state index contributed by atoms with van der Waals surface area (Å²) in [6, 6.07) is 0. The fraction of sp³-hybridized carbons (Fsp3) is 0.741. The number of ether oxygens (including phenoxy) is 1. The molecule has 0 saturated carbocycles. The molecule has 0 fully saturated rings. The zero-order valence-electron chi connectivity index (χ0n) is 19.5. The second kappa shape index (κ2) is 24.7. The van der Waals surface area contributed by atoms with Crippen LogP contribution in [-0.2, 0) is 9.53 Å². The van der Waals surface area contributed by atoms with Gasteiger partial charge in [0.15, 0.2) is 0 Å². The van der Waals surface area contributed by atoms with Crippen molar-refractivity contribution in [3.63, 3.8) is 0 Å². The van der Waals surface area contributed by atoms with Crippen LogP contribution in [0.3, 0.4) is 0 Å². The summed E-state index contributed by atoms with van der Waals surface area (Å²) in [4.78, 5) is 11.0. The largest absolute Gasteiger partial charge is 0.469 e. The maximum atomic E-state index is 11.0. The molecule has 0 heterocycles. The summed E-state index contributed by atoms with van der Waals surface area (Å²) >= 11 is 0. The van der Waals surface area contributed by atoms with Gasteiger partial charge in [0.05, 0.1) is 7.11 Å². The molecule has 29 heavy (non-hydrogen) atoms. The van der Waals surface area contributed by atoms with Gasteiger partial charge in [-0.05, 0) is 64.2 Å². The number of allylic oxidation sites excluding steroid dienone is 6. The zero-order chi connectivity index (χ0) is 21.3. The molecular formula is C27H48O2. The summed E-state index contributed by atoms with van der Waals surface area (Å²) in [5, 5.41) is 0. The third kappa shape index (κ3) is 24.7. The van der Waals surface area contributed by atoms with E-state index in [9.17, 15) is 4.79 Å². The minimum Gasteiger partial charge on any atom is -0.469 e. The second-order valence-electron chi connectivity index (χ2n) is 8.01. The Labute approximate surface area is 181 Å². The topological polar surface area (TPSA) is 26.3 Å². The molecule has 0 aliphatic carbocycles. The summed E-state index contributed by atoms with van der Waals surface area (Å²) in [5.74, 6) is -0.110. The predicted molar refractivity (Wildman–Crippen MR) is 128 cm³/mol. The van der Waals surface area contributed by atoms with Crippen LogP contribution in [0.5, 0.6) is 0 Å². The first-order valence-electron chi connectivity index (χ1n) is 12.3. The van der Waals surface area contributed by atoms with E-state index in [0.717, 1.165) is 25.7 Å². The predicted octanol–water partition coefficient (Wildman–Crippen LogP) is 8.87. The van der Waals surface area contributed by atoms with Crippen LogP contribution in [-0.4, -0.2) is 13.1 Å². The Kier molecular flexibility index (Phi) is 23.6. The summed E-state index contributed by atoms with van der Waals surface area (Å²) in [7, 11) is 1.45. The third-order valence-electron chi connectivity index (χ3n) is 5.20. The van der Waals surface area contributed by atoms with Gasteiger partial charge >= 0.3 is 5.97 Å². The molecule has 0 bridgehead atoms. The quantitative estimate of drug-likeness (QED) is 0.108. The minimum absolute atomic E-state index is 0.110. The molecule has 2 nitrogen and oxygen atoms in total. The maximum absolute atomic E-state index is 11.0. The van der Waals surface area contributed by atoms with Gasteiger partial charge in [-0.25, -0.2) is 0 Å². The lowest BCUT2D eigenvalue weighted by atomic mass is 10.1. The average Bonchev–Trinajstić information content (AvgIpc) is 2.74. The first-order chi connectivity index (χ1) is 14.3. The smallest absolute Gasteiger partial charge is 0.305 e. The lowest BCUT2D eigenvalue weighted by Gasteiger charge is -1.98. The summed E-state index contributed by atoms with van der Waals surface area (Å²) in [5.41, 5.74) is 0. The van der Waals surface area contributed by atoms with Gasteiger partial charge in [-0.3, -0.25) is 4.79 Å². The fourth-order valence-corrected chi connectivity index (χ4v) is 3.29. The number of carbonyl (C=O) groups excluding carboxylic acids is 1. The number of hydrogen-bond donors (Lipinski definition) is 0. The highest BCUT2D eigenvalue weighted by Crippen LogP contribution is 2.09. The molecule has 0 N–H and O–H groups in total. The molecule has 0 aromatic heterocycles. The summed E-state index contributed by atoms with van der Waals surface area (Å²) < 4.78 is 4.62. The normalized spacial score (nSPS) is 11.9. The Morgan fingerprint density at radius 1 is 0.552 bits per heavy atom. The lowest BCUT2D eigenvalue weighted by molar-refractivity contribution is -0.140. The van der Waals surface area contributed by atoms with Crippen LogP contribution < -0.4 is 0 Å². The van der Waals surface area contributed by atoms with Crippen LogP contribution >= 0.6 is 0 Å². The van der Waals surface area contributed by atoms with E-state index in [4.69, 9.17) is 0 Å². The SMILES string of the molecule is CCCCCCCCC=CCCCCCCC=CCCC=CCCCC(=O)OC. The van der Waals surface area contributed by atoms with Gasteiger partial charge in [0.25, 0.3) is 0 Å². The van der Waals surface area contributed by atoms with E-state index in [1.165, 1.54) is 90.6 Å². The first kappa shape index (κ1) is 27.7. The van der Waals surface area contributed by atoms with E-state index < -0.39 is 0 Å². The van der Waals surface area contributed by atoms with Crippen molar-refractivity contribution in [2.24, 2.45) is 0 Å². The Morgan fingerprint density at radius 2 is 0.931 bits per heavy atom. The van der Waals surface area contributed by atoms with Crippen LogP contribution in [0.1, 0.15) is 122 Å². The van der Waals surface area contributed by atoms with E-state index in [1.54, 1.807) is 0 Å². The maximum Gasteiger partial charge on any atom is 0.305 e. The van der Waals surface area contributed by atoms with Crippen molar-refractivity contribution < 1.29 is 9.53 Å². The Morgan fingerprint density at radius 3 is 1.38 bits per heavy atom. The summed E-state index contributed by atoms with van der Waals surface area (Å²) in [6.45, 7) is 2.28. The highest BCUT2D eigenvalue weighted by Gasteiger charge is 1.96. The monoisotopic (exact) mass is 404 g/mol. The fourth-order valence-electron chi connectivity index (χ4n) is 3.29. The number of rotatable bonds is 21. The molecule has 0 saturated heterocycles. The van der Waals surface area contributed by atoms with Crippen molar-refractivity contribution in [1.82, 2.24) is 0 Å². The highest BCUT2D eigenvalue weighted by molar-refractivity contribution is 5.69. The van der Waals surface area contributed by atoms with Crippen molar-refractivity contribution in [2.75, 3.05) is 7.11 Å². The summed E-state index contributed by atoms with van der Waals surface area (Å²) in [6.07, 6.45) is 36.0. The zero-order valence-corrected chi connectivity index (χ0v) is 19.5. The van der Waals surface area contributed by atoms with Crippen molar-refractivity contribution >= 4 is 5.97 Å². The highest BCUT2D eigenvalue weighted by atomic mass is 16.5. The van der Waals surface area contributed by atoms with Crippen LogP contribution in [0.2, 0.25) is 0 Å². The average molecular weight is 405 g/mol. The number of carbonyl (C=O) groups is 1. The van der Waals surface area contributed by atoms with Crippen LogP contribution in [0, 0.1) is 0 Å². The molecule has 0 aliphatic heterocycles. The van der Waals surface area contributed by atoms with Gasteiger partial charge in [-0.15, -0.1) is 0 Å². The van der Waals surface area contributed by atoms with Crippen LogP contribution in [0.15, 0.2) is 36.5 Å². The molecule has 0 atom stereocenters. The van der Waals surface area contributed by atoms with E-state index in [2.05, 4.69) is 48.1 Å². The first-order valence-corrected chi connectivity index (χ1v) is 12.3. The number of hydrogen-bond acceptors (Lipinski definition) is 2.